The van der Waals surface area contributed by atoms with Crippen LogP contribution in [-0.4, -0.2) is 33.2 Å². The second kappa shape index (κ2) is 8.33. The van der Waals surface area contributed by atoms with Gasteiger partial charge in [0.15, 0.2) is 16.4 Å². The summed E-state index contributed by atoms with van der Waals surface area (Å²) in [6.45, 7) is 1.24. The minimum Gasteiger partial charge on any atom is -0.452 e. The van der Waals surface area contributed by atoms with E-state index >= 15 is 0 Å². The van der Waals surface area contributed by atoms with E-state index < -0.39 is 28.3 Å². The molecule has 0 aliphatic rings. The number of amides is 1. The molecule has 2 rings (SSSR count). The van der Waals surface area contributed by atoms with Crippen molar-refractivity contribution in [2.75, 3.05) is 12.9 Å². The number of hydrogen-bond acceptors (Lipinski definition) is 5. The molecule has 1 atom stereocenters. The minimum absolute atomic E-state index is 0.106. The van der Waals surface area contributed by atoms with Gasteiger partial charge in [0.2, 0.25) is 0 Å². The van der Waals surface area contributed by atoms with Crippen LogP contribution in [0.4, 0.5) is 0 Å². The lowest BCUT2D eigenvalue weighted by Crippen LogP contribution is -2.31. The summed E-state index contributed by atoms with van der Waals surface area (Å²) in [5.41, 5.74) is 0.699. The van der Waals surface area contributed by atoms with E-state index in [0.717, 1.165) is 11.8 Å². The molecule has 2 aromatic rings. The Labute approximate surface area is 157 Å². The molecule has 26 heavy (non-hydrogen) atoms. The van der Waals surface area contributed by atoms with Crippen LogP contribution in [0.15, 0.2) is 53.4 Å². The first kappa shape index (κ1) is 19.9. The number of nitrogens with one attached hydrogen (secondary N) is 1. The zero-order chi connectivity index (χ0) is 19.3. The van der Waals surface area contributed by atoms with E-state index in [2.05, 4.69) is 5.32 Å². The number of carbonyl (C=O) groups excluding carboxylic acids is 2. The van der Waals surface area contributed by atoms with Crippen molar-refractivity contribution in [2.24, 2.45) is 0 Å². The Morgan fingerprint density at radius 2 is 1.85 bits per heavy atom. The minimum atomic E-state index is -3.59. The van der Waals surface area contributed by atoms with Gasteiger partial charge in [0.1, 0.15) is 0 Å². The zero-order valence-corrected chi connectivity index (χ0v) is 15.8. The lowest BCUT2D eigenvalue weighted by atomic mass is 10.1. The number of rotatable bonds is 6. The molecule has 1 amide bonds. The monoisotopic (exact) mass is 395 g/mol. The lowest BCUT2D eigenvalue weighted by molar-refractivity contribution is -0.124. The Morgan fingerprint density at radius 1 is 1.15 bits per heavy atom. The van der Waals surface area contributed by atoms with Gasteiger partial charge >= 0.3 is 5.97 Å². The Morgan fingerprint density at radius 3 is 2.50 bits per heavy atom. The van der Waals surface area contributed by atoms with Gasteiger partial charge in [-0.2, -0.15) is 0 Å². The van der Waals surface area contributed by atoms with Crippen molar-refractivity contribution >= 4 is 33.3 Å². The van der Waals surface area contributed by atoms with Gasteiger partial charge in [-0.1, -0.05) is 35.9 Å². The van der Waals surface area contributed by atoms with E-state index in [0.29, 0.717) is 5.02 Å². The Balaban J connectivity index is 1.99. The zero-order valence-electron chi connectivity index (χ0n) is 14.2. The second-order valence-electron chi connectivity index (χ2n) is 5.69. The van der Waals surface area contributed by atoms with Crippen molar-refractivity contribution in [1.29, 1.82) is 0 Å². The summed E-state index contributed by atoms with van der Waals surface area (Å²) in [5, 5.41) is 3.23. The summed E-state index contributed by atoms with van der Waals surface area (Å²) in [6.07, 6.45) is 0.999. The third-order valence-corrected chi connectivity index (χ3v) is 4.96. The fourth-order valence-electron chi connectivity index (χ4n) is 2.31. The third kappa shape index (κ3) is 5.31. The number of carbonyl (C=O) groups is 2. The molecule has 0 saturated carbocycles. The number of halogens is 1. The molecular formula is C18H18ClNO5S. The quantitative estimate of drug-likeness (QED) is 0.759. The first-order valence-electron chi connectivity index (χ1n) is 7.69. The van der Waals surface area contributed by atoms with Crippen LogP contribution in [0.5, 0.6) is 0 Å². The number of sulfone groups is 1. The van der Waals surface area contributed by atoms with E-state index in [1.54, 1.807) is 25.1 Å². The van der Waals surface area contributed by atoms with Crippen LogP contribution >= 0.6 is 11.6 Å². The molecule has 0 aliphatic heterocycles. The first-order valence-corrected chi connectivity index (χ1v) is 9.96. The maximum Gasteiger partial charge on any atom is 0.339 e. The summed E-state index contributed by atoms with van der Waals surface area (Å²) in [7, 11) is -3.59. The van der Waals surface area contributed by atoms with Gasteiger partial charge in [-0.25, -0.2) is 13.2 Å². The molecule has 0 saturated heterocycles. The molecular weight excluding hydrogens is 378 g/mol. The fourth-order valence-corrected chi connectivity index (χ4v) is 3.39. The number of benzene rings is 2. The van der Waals surface area contributed by atoms with E-state index in [9.17, 15) is 18.0 Å². The molecule has 0 radical (unpaired) electrons. The highest BCUT2D eigenvalue weighted by Crippen LogP contribution is 2.18. The molecule has 1 N–H and O–H groups in total. The molecule has 0 aliphatic carbocycles. The van der Waals surface area contributed by atoms with Crippen molar-refractivity contribution in [3.05, 3.63) is 64.7 Å². The molecule has 1 unspecified atom stereocenters. The van der Waals surface area contributed by atoms with Crippen LogP contribution in [0.3, 0.4) is 0 Å². The molecule has 2 aromatic carbocycles. The van der Waals surface area contributed by atoms with Crippen LogP contribution in [0.1, 0.15) is 28.9 Å². The molecule has 0 heterocycles. The fraction of sp³-hybridized carbons (Fsp3) is 0.222. The molecule has 138 valence electrons. The van der Waals surface area contributed by atoms with Gasteiger partial charge in [-0.05, 0) is 36.8 Å². The topological polar surface area (TPSA) is 89.5 Å². The summed E-state index contributed by atoms with van der Waals surface area (Å²) < 4.78 is 28.4. The summed E-state index contributed by atoms with van der Waals surface area (Å²) in [6, 6.07) is 12.4. The highest BCUT2D eigenvalue weighted by atomic mass is 35.5. The summed E-state index contributed by atoms with van der Waals surface area (Å²) in [4.78, 5) is 24.0. The summed E-state index contributed by atoms with van der Waals surface area (Å²) in [5.74, 6) is -1.39. The SMILES string of the molecule is CC(NC(=O)COC(=O)c1ccccc1S(C)(=O)=O)c1cccc(Cl)c1. The maximum absolute atomic E-state index is 12.1. The predicted octanol–water partition coefficient (Wildman–Crippen LogP) is 2.78. The molecule has 0 aromatic heterocycles. The van der Waals surface area contributed by atoms with Crippen LogP contribution in [0.25, 0.3) is 0 Å². The summed E-state index contributed by atoms with van der Waals surface area (Å²) >= 11 is 5.92. The van der Waals surface area contributed by atoms with Crippen LogP contribution < -0.4 is 5.32 Å². The highest BCUT2D eigenvalue weighted by Gasteiger charge is 2.20. The van der Waals surface area contributed by atoms with Gasteiger partial charge < -0.3 is 10.1 Å². The number of esters is 1. The molecule has 0 bridgehead atoms. The van der Waals surface area contributed by atoms with Gasteiger partial charge in [-0.15, -0.1) is 0 Å². The molecule has 6 nitrogen and oxygen atoms in total. The van der Waals surface area contributed by atoms with Crippen molar-refractivity contribution < 1.29 is 22.7 Å². The Hall–Kier alpha value is -2.38. The maximum atomic E-state index is 12.1. The highest BCUT2D eigenvalue weighted by molar-refractivity contribution is 7.90. The van der Waals surface area contributed by atoms with Crippen LogP contribution in [-0.2, 0) is 19.4 Å². The Kier molecular flexibility index (Phi) is 6.39. The van der Waals surface area contributed by atoms with E-state index in [1.165, 1.54) is 24.3 Å². The smallest absolute Gasteiger partial charge is 0.339 e. The number of ether oxygens (including phenoxy) is 1. The van der Waals surface area contributed by atoms with Crippen LogP contribution in [0.2, 0.25) is 5.02 Å². The third-order valence-electron chi connectivity index (χ3n) is 3.57. The average Bonchev–Trinajstić information content (AvgIpc) is 2.59. The second-order valence-corrected chi connectivity index (χ2v) is 8.11. The number of hydrogen-bond donors (Lipinski definition) is 1. The van der Waals surface area contributed by atoms with E-state index in [-0.39, 0.29) is 16.5 Å². The van der Waals surface area contributed by atoms with Gasteiger partial charge in [-0.3, -0.25) is 4.79 Å². The van der Waals surface area contributed by atoms with Crippen molar-refractivity contribution in [3.63, 3.8) is 0 Å². The normalized spacial score (nSPS) is 12.3. The Bertz CT molecular complexity index is 927. The van der Waals surface area contributed by atoms with Crippen LogP contribution in [0, 0.1) is 0 Å². The van der Waals surface area contributed by atoms with E-state index in [4.69, 9.17) is 16.3 Å². The first-order chi connectivity index (χ1) is 12.2. The molecule has 0 spiro atoms. The van der Waals surface area contributed by atoms with Gasteiger partial charge in [0.25, 0.3) is 5.91 Å². The average molecular weight is 396 g/mol. The van der Waals surface area contributed by atoms with Gasteiger partial charge in [0.05, 0.1) is 16.5 Å². The van der Waals surface area contributed by atoms with Gasteiger partial charge in [0, 0.05) is 11.3 Å². The largest absolute Gasteiger partial charge is 0.452 e. The lowest BCUT2D eigenvalue weighted by Gasteiger charge is -2.15. The molecule has 0 fully saturated rings. The van der Waals surface area contributed by atoms with E-state index in [1.807, 2.05) is 6.07 Å². The van der Waals surface area contributed by atoms with Crippen molar-refractivity contribution in [1.82, 2.24) is 5.32 Å². The van der Waals surface area contributed by atoms with Crippen molar-refractivity contribution in [3.8, 4) is 0 Å². The molecule has 8 heteroatoms. The predicted molar refractivity (Wildman–Crippen MR) is 97.8 cm³/mol. The van der Waals surface area contributed by atoms with Crippen molar-refractivity contribution in [2.45, 2.75) is 17.9 Å². The standard InChI is InChI=1S/C18H18ClNO5S/c1-12(13-6-5-7-14(19)10-13)20-17(21)11-25-18(22)15-8-3-4-9-16(15)26(2,23)24/h3-10,12H,11H2,1-2H3,(H,20,21).